The minimum absolute atomic E-state index is 0.231. The van der Waals surface area contributed by atoms with E-state index in [4.69, 9.17) is 0 Å². The average molecular weight is 249 g/mol. The third-order valence-corrected chi connectivity index (χ3v) is 4.24. The third kappa shape index (κ3) is 3.35. The highest BCUT2D eigenvalue weighted by Gasteiger charge is 2.37. The summed E-state index contributed by atoms with van der Waals surface area (Å²) in [6.45, 7) is 7.91. The van der Waals surface area contributed by atoms with E-state index in [9.17, 15) is 0 Å². The van der Waals surface area contributed by atoms with Gasteiger partial charge in [0.2, 0.25) is 0 Å². The van der Waals surface area contributed by atoms with Crippen LogP contribution in [0.4, 0.5) is 0 Å². The van der Waals surface area contributed by atoms with Crippen molar-refractivity contribution in [2.24, 2.45) is 12.5 Å². The van der Waals surface area contributed by atoms with Crippen LogP contribution in [0.5, 0.6) is 0 Å². The van der Waals surface area contributed by atoms with Crippen molar-refractivity contribution >= 4 is 0 Å². The molecule has 1 N–H and O–H groups in total. The van der Waals surface area contributed by atoms with Gasteiger partial charge in [-0.05, 0) is 57.9 Å². The van der Waals surface area contributed by atoms with E-state index in [-0.39, 0.29) is 5.54 Å². The van der Waals surface area contributed by atoms with Crippen molar-refractivity contribution in [3.05, 3.63) is 18.0 Å². The summed E-state index contributed by atoms with van der Waals surface area (Å²) in [5.41, 5.74) is 2.13. The summed E-state index contributed by atoms with van der Waals surface area (Å²) in [4.78, 5) is 0. The van der Waals surface area contributed by atoms with Crippen molar-refractivity contribution in [3.8, 4) is 0 Å². The fraction of sp³-hybridized carbons (Fsp3) is 0.800. The van der Waals surface area contributed by atoms with Gasteiger partial charge in [-0.15, -0.1) is 0 Å². The van der Waals surface area contributed by atoms with Gasteiger partial charge in [0, 0.05) is 31.0 Å². The number of aryl methyl sites for hydroxylation is 2. The second-order valence-corrected chi connectivity index (χ2v) is 6.90. The van der Waals surface area contributed by atoms with Gasteiger partial charge in [-0.3, -0.25) is 4.68 Å². The van der Waals surface area contributed by atoms with Crippen LogP contribution in [-0.2, 0) is 13.5 Å². The first-order chi connectivity index (χ1) is 8.40. The Kier molecular flexibility index (Phi) is 3.81. The average Bonchev–Trinajstić information content (AvgIpc) is 2.61. The van der Waals surface area contributed by atoms with Crippen LogP contribution >= 0.6 is 0 Å². The summed E-state index contributed by atoms with van der Waals surface area (Å²) >= 11 is 0. The molecule has 1 aliphatic carbocycles. The van der Waals surface area contributed by atoms with Crippen LogP contribution in [-0.4, -0.2) is 21.9 Å². The van der Waals surface area contributed by atoms with Crippen LogP contribution in [0.25, 0.3) is 0 Å². The van der Waals surface area contributed by atoms with Crippen LogP contribution in [0, 0.1) is 5.41 Å². The van der Waals surface area contributed by atoms with Gasteiger partial charge in [0.1, 0.15) is 0 Å². The van der Waals surface area contributed by atoms with Gasteiger partial charge < -0.3 is 5.32 Å². The highest BCUT2D eigenvalue weighted by molar-refractivity contribution is 5.02. The molecule has 0 amide bonds. The van der Waals surface area contributed by atoms with E-state index in [0.29, 0.717) is 5.41 Å². The second-order valence-electron chi connectivity index (χ2n) is 6.90. The molecule has 1 heterocycles. The minimum atomic E-state index is 0.231. The van der Waals surface area contributed by atoms with Gasteiger partial charge in [-0.2, -0.15) is 5.10 Å². The Morgan fingerprint density at radius 3 is 2.56 bits per heavy atom. The van der Waals surface area contributed by atoms with Crippen LogP contribution in [0.15, 0.2) is 12.3 Å². The number of aromatic nitrogens is 2. The number of hydrogen-bond acceptors (Lipinski definition) is 2. The number of nitrogens with zero attached hydrogens (tertiary/aromatic N) is 2. The molecule has 1 aliphatic rings. The molecule has 0 bridgehead atoms. The van der Waals surface area contributed by atoms with E-state index in [2.05, 4.69) is 37.3 Å². The first-order valence-corrected chi connectivity index (χ1v) is 7.12. The van der Waals surface area contributed by atoms with Crippen molar-refractivity contribution in [2.75, 3.05) is 6.54 Å². The molecule has 0 unspecified atom stereocenters. The lowest BCUT2D eigenvalue weighted by molar-refractivity contribution is 0.106. The van der Waals surface area contributed by atoms with Crippen molar-refractivity contribution in [1.82, 2.24) is 15.1 Å². The summed E-state index contributed by atoms with van der Waals surface area (Å²) in [5, 5.41) is 7.93. The fourth-order valence-corrected chi connectivity index (χ4v) is 2.68. The first kappa shape index (κ1) is 13.6. The lowest BCUT2D eigenvalue weighted by Crippen LogP contribution is -2.47. The number of nitrogens with one attached hydrogen (secondary N) is 1. The SMILES string of the molecule is Cn1nccc1CCC1(CNC(C)(C)C)CCC1. The fourth-order valence-electron chi connectivity index (χ4n) is 2.68. The maximum Gasteiger partial charge on any atom is 0.0492 e. The summed E-state index contributed by atoms with van der Waals surface area (Å²) in [7, 11) is 2.04. The van der Waals surface area contributed by atoms with Crippen molar-refractivity contribution in [2.45, 2.75) is 58.4 Å². The molecule has 1 aromatic rings. The molecule has 18 heavy (non-hydrogen) atoms. The van der Waals surface area contributed by atoms with E-state index in [0.717, 1.165) is 13.0 Å². The normalized spacial score (nSPS) is 18.7. The van der Waals surface area contributed by atoms with Crippen LogP contribution in [0.3, 0.4) is 0 Å². The molecular weight excluding hydrogens is 222 g/mol. The maximum absolute atomic E-state index is 4.25. The Balaban J connectivity index is 1.87. The van der Waals surface area contributed by atoms with Gasteiger partial charge in [-0.1, -0.05) is 6.42 Å². The monoisotopic (exact) mass is 249 g/mol. The second kappa shape index (κ2) is 5.04. The van der Waals surface area contributed by atoms with Gasteiger partial charge in [0.05, 0.1) is 0 Å². The smallest absolute Gasteiger partial charge is 0.0492 e. The molecule has 1 saturated carbocycles. The van der Waals surface area contributed by atoms with Crippen molar-refractivity contribution in [3.63, 3.8) is 0 Å². The lowest BCUT2D eigenvalue weighted by Gasteiger charge is -2.44. The Morgan fingerprint density at radius 1 is 1.39 bits per heavy atom. The Hall–Kier alpha value is -0.830. The molecule has 3 heteroatoms. The predicted octanol–water partition coefficient (Wildman–Crippen LogP) is 2.91. The molecule has 0 aliphatic heterocycles. The zero-order chi connectivity index (χ0) is 13.2. The van der Waals surface area contributed by atoms with E-state index in [1.807, 2.05) is 17.9 Å². The maximum atomic E-state index is 4.25. The highest BCUT2D eigenvalue weighted by atomic mass is 15.2. The van der Waals surface area contributed by atoms with Crippen LogP contribution < -0.4 is 5.32 Å². The van der Waals surface area contributed by atoms with E-state index >= 15 is 0 Å². The molecular formula is C15H27N3. The summed E-state index contributed by atoms with van der Waals surface area (Å²) < 4.78 is 2.00. The number of hydrogen-bond donors (Lipinski definition) is 1. The van der Waals surface area contributed by atoms with E-state index in [1.54, 1.807) is 0 Å². The van der Waals surface area contributed by atoms with E-state index < -0.39 is 0 Å². The Bertz CT molecular complexity index is 383. The predicted molar refractivity (Wildman–Crippen MR) is 75.6 cm³/mol. The van der Waals surface area contributed by atoms with Crippen LogP contribution in [0.1, 0.15) is 52.1 Å². The standard InChI is InChI=1S/C15H27N3/c1-14(2,3)16-12-15(8-5-9-15)10-6-13-7-11-17-18(13)4/h7,11,16H,5-6,8-10,12H2,1-4H3. The first-order valence-electron chi connectivity index (χ1n) is 7.12. The molecule has 1 fully saturated rings. The van der Waals surface area contributed by atoms with Gasteiger partial charge >= 0.3 is 0 Å². The third-order valence-electron chi connectivity index (χ3n) is 4.24. The zero-order valence-corrected chi connectivity index (χ0v) is 12.3. The van der Waals surface area contributed by atoms with Gasteiger partial charge in [0.25, 0.3) is 0 Å². The quantitative estimate of drug-likeness (QED) is 0.869. The lowest BCUT2D eigenvalue weighted by atomic mass is 9.65. The Morgan fingerprint density at radius 2 is 2.11 bits per heavy atom. The molecule has 102 valence electrons. The molecule has 0 saturated heterocycles. The topological polar surface area (TPSA) is 29.9 Å². The number of rotatable bonds is 5. The van der Waals surface area contributed by atoms with Crippen molar-refractivity contribution in [1.29, 1.82) is 0 Å². The summed E-state index contributed by atoms with van der Waals surface area (Å²) in [6, 6.07) is 2.14. The molecule has 0 atom stereocenters. The molecule has 2 rings (SSSR count). The van der Waals surface area contributed by atoms with Crippen LogP contribution in [0.2, 0.25) is 0 Å². The molecule has 3 nitrogen and oxygen atoms in total. The molecule has 1 aromatic heterocycles. The molecule has 0 aromatic carbocycles. The largest absolute Gasteiger partial charge is 0.312 e. The molecule has 0 spiro atoms. The van der Waals surface area contributed by atoms with Gasteiger partial charge in [0.15, 0.2) is 0 Å². The highest BCUT2D eigenvalue weighted by Crippen LogP contribution is 2.44. The minimum Gasteiger partial charge on any atom is -0.312 e. The zero-order valence-electron chi connectivity index (χ0n) is 12.3. The summed E-state index contributed by atoms with van der Waals surface area (Å²) in [5.74, 6) is 0. The van der Waals surface area contributed by atoms with E-state index in [1.165, 1.54) is 31.4 Å². The van der Waals surface area contributed by atoms with Crippen molar-refractivity contribution < 1.29 is 0 Å². The van der Waals surface area contributed by atoms with Gasteiger partial charge in [-0.25, -0.2) is 0 Å². The Labute approximate surface area is 111 Å². The molecule has 0 radical (unpaired) electrons. The summed E-state index contributed by atoms with van der Waals surface area (Å²) in [6.07, 6.45) is 8.51.